The Kier molecular flexibility index (Phi) is 2.09. The number of rotatable bonds is 2. The Labute approximate surface area is 87.4 Å². The molecule has 1 aliphatic carbocycles. The predicted octanol–water partition coefficient (Wildman–Crippen LogP) is 2.00. The minimum atomic E-state index is -0.401. The van der Waals surface area contributed by atoms with Crippen molar-refractivity contribution in [3.8, 4) is 11.5 Å². The molecule has 2 rings (SSSR count). The lowest BCUT2D eigenvalue weighted by molar-refractivity contribution is 0.409. The van der Waals surface area contributed by atoms with E-state index in [1.54, 1.807) is 19.2 Å². The van der Waals surface area contributed by atoms with Gasteiger partial charge in [-0.15, -0.1) is 0 Å². The quantitative estimate of drug-likeness (QED) is 0.790. The van der Waals surface area contributed by atoms with Gasteiger partial charge in [0.1, 0.15) is 11.5 Å². The van der Waals surface area contributed by atoms with Crippen molar-refractivity contribution in [3.63, 3.8) is 0 Å². The summed E-state index contributed by atoms with van der Waals surface area (Å²) in [7, 11) is 1.56. The van der Waals surface area contributed by atoms with Crippen LogP contribution in [0.4, 0.5) is 0 Å². The molecule has 76 valence electrons. The van der Waals surface area contributed by atoms with E-state index in [-0.39, 0.29) is 10.8 Å². The Morgan fingerprint density at radius 2 is 2.14 bits per heavy atom. The molecule has 0 amide bonds. The van der Waals surface area contributed by atoms with Crippen LogP contribution in [-0.4, -0.2) is 12.2 Å². The molecule has 0 radical (unpaired) electrons. The highest BCUT2D eigenvalue weighted by Gasteiger charge is 2.42. The summed E-state index contributed by atoms with van der Waals surface area (Å²) in [5, 5.41) is 10.0. The second-order valence-electron chi connectivity index (χ2n) is 3.66. The molecule has 0 aromatic heterocycles. The number of hydrogen-bond donors (Lipinski definition) is 2. The van der Waals surface area contributed by atoms with Crippen molar-refractivity contribution in [3.05, 3.63) is 22.7 Å². The van der Waals surface area contributed by atoms with Crippen molar-refractivity contribution >= 4 is 11.6 Å². The van der Waals surface area contributed by atoms with Crippen LogP contribution < -0.4 is 10.5 Å². The molecule has 0 saturated heterocycles. The molecule has 0 bridgehead atoms. The summed E-state index contributed by atoms with van der Waals surface area (Å²) < 4.78 is 5.06. The Balaban J connectivity index is 2.52. The molecule has 1 fully saturated rings. The van der Waals surface area contributed by atoms with Crippen LogP contribution in [0.5, 0.6) is 11.5 Å². The molecule has 1 aromatic carbocycles. The van der Waals surface area contributed by atoms with Crippen LogP contribution in [0.25, 0.3) is 0 Å². The first-order valence-electron chi connectivity index (χ1n) is 4.43. The second kappa shape index (κ2) is 3.04. The molecule has 3 N–H and O–H groups in total. The topological polar surface area (TPSA) is 55.5 Å². The van der Waals surface area contributed by atoms with Gasteiger partial charge in [0.25, 0.3) is 0 Å². The minimum Gasteiger partial charge on any atom is -0.506 e. The fourth-order valence-electron chi connectivity index (χ4n) is 1.48. The summed E-state index contributed by atoms with van der Waals surface area (Å²) >= 11 is 5.85. The number of nitrogens with two attached hydrogens (primary N) is 1. The number of benzene rings is 1. The van der Waals surface area contributed by atoms with E-state index in [2.05, 4.69) is 0 Å². The maximum Gasteiger partial charge on any atom is 0.139 e. The summed E-state index contributed by atoms with van der Waals surface area (Å²) in [6.45, 7) is 0. The van der Waals surface area contributed by atoms with Crippen LogP contribution >= 0.6 is 11.6 Å². The lowest BCUT2D eigenvalue weighted by Gasteiger charge is -2.14. The highest BCUT2D eigenvalue weighted by Crippen LogP contribution is 2.49. The Bertz CT molecular complexity index is 375. The summed E-state index contributed by atoms with van der Waals surface area (Å²) in [6, 6.07) is 3.32. The molecule has 1 saturated carbocycles. The van der Waals surface area contributed by atoms with E-state index in [1.165, 1.54) is 0 Å². The molecule has 0 unspecified atom stereocenters. The molecular weight excluding hydrogens is 202 g/mol. The Hall–Kier alpha value is -0.930. The van der Waals surface area contributed by atoms with Gasteiger partial charge in [0.2, 0.25) is 0 Å². The first kappa shape index (κ1) is 9.62. The molecule has 3 nitrogen and oxygen atoms in total. The fraction of sp³-hybridized carbons (Fsp3) is 0.400. The summed E-state index contributed by atoms with van der Waals surface area (Å²) in [5.74, 6) is 0.701. The lowest BCUT2D eigenvalue weighted by atomic mass is 10.0. The van der Waals surface area contributed by atoms with Crippen LogP contribution in [-0.2, 0) is 5.54 Å². The van der Waals surface area contributed by atoms with Crippen LogP contribution in [0.1, 0.15) is 18.4 Å². The van der Waals surface area contributed by atoms with Crippen LogP contribution in [0.3, 0.4) is 0 Å². The number of ether oxygens (including phenoxy) is 1. The third kappa shape index (κ3) is 1.42. The molecule has 4 heteroatoms. The van der Waals surface area contributed by atoms with Crippen molar-refractivity contribution in [2.24, 2.45) is 5.73 Å². The molecule has 14 heavy (non-hydrogen) atoms. The molecule has 1 aliphatic rings. The van der Waals surface area contributed by atoms with Gasteiger partial charge in [0, 0.05) is 17.2 Å². The normalized spacial score (nSPS) is 17.9. The van der Waals surface area contributed by atoms with Gasteiger partial charge in [-0.1, -0.05) is 11.6 Å². The van der Waals surface area contributed by atoms with Gasteiger partial charge < -0.3 is 15.6 Å². The van der Waals surface area contributed by atoms with Crippen molar-refractivity contribution in [2.45, 2.75) is 18.4 Å². The average molecular weight is 214 g/mol. The number of hydrogen-bond acceptors (Lipinski definition) is 3. The number of phenols is 1. The summed E-state index contributed by atoms with van der Waals surface area (Å²) in [6.07, 6.45) is 1.76. The lowest BCUT2D eigenvalue weighted by Crippen LogP contribution is -2.18. The summed E-state index contributed by atoms with van der Waals surface area (Å²) in [4.78, 5) is 0. The smallest absolute Gasteiger partial charge is 0.139 e. The fourth-order valence-corrected chi connectivity index (χ4v) is 1.68. The first-order valence-corrected chi connectivity index (χ1v) is 4.80. The van der Waals surface area contributed by atoms with E-state index in [0.717, 1.165) is 12.8 Å². The van der Waals surface area contributed by atoms with Gasteiger partial charge in [-0.05, 0) is 18.9 Å². The molecule has 0 spiro atoms. The van der Waals surface area contributed by atoms with E-state index < -0.39 is 5.54 Å². The molecule has 0 atom stereocenters. The van der Waals surface area contributed by atoms with Gasteiger partial charge >= 0.3 is 0 Å². The number of halogens is 1. The van der Waals surface area contributed by atoms with E-state index in [1.807, 2.05) is 0 Å². The van der Waals surface area contributed by atoms with Gasteiger partial charge in [-0.2, -0.15) is 0 Å². The van der Waals surface area contributed by atoms with Crippen molar-refractivity contribution in [1.82, 2.24) is 0 Å². The van der Waals surface area contributed by atoms with Gasteiger partial charge in [0.15, 0.2) is 0 Å². The zero-order chi connectivity index (χ0) is 10.3. The molecule has 1 aromatic rings. The number of aromatic hydroxyl groups is 1. The molecule has 0 aliphatic heterocycles. The maximum atomic E-state index is 9.73. The molecular formula is C10H12ClNO2. The minimum absolute atomic E-state index is 0.0764. The van der Waals surface area contributed by atoms with Crippen LogP contribution in [0.2, 0.25) is 5.02 Å². The largest absolute Gasteiger partial charge is 0.506 e. The van der Waals surface area contributed by atoms with Crippen molar-refractivity contribution in [1.29, 1.82) is 0 Å². The van der Waals surface area contributed by atoms with Gasteiger partial charge in [0.05, 0.1) is 12.1 Å². The van der Waals surface area contributed by atoms with Crippen molar-refractivity contribution < 1.29 is 9.84 Å². The zero-order valence-electron chi connectivity index (χ0n) is 7.88. The van der Waals surface area contributed by atoms with E-state index in [0.29, 0.717) is 11.3 Å². The van der Waals surface area contributed by atoms with E-state index in [9.17, 15) is 5.11 Å². The highest BCUT2D eigenvalue weighted by atomic mass is 35.5. The van der Waals surface area contributed by atoms with Crippen LogP contribution in [0, 0.1) is 0 Å². The highest BCUT2D eigenvalue weighted by molar-refractivity contribution is 6.32. The van der Waals surface area contributed by atoms with Gasteiger partial charge in [-0.25, -0.2) is 0 Å². The predicted molar refractivity (Wildman–Crippen MR) is 54.8 cm³/mol. The zero-order valence-corrected chi connectivity index (χ0v) is 8.64. The standard InChI is InChI=1S/C10H12ClNO2/c1-14-6-4-7(10(12)2-3-10)9(13)8(11)5-6/h4-5,13H,2-3,12H2,1H3. The van der Waals surface area contributed by atoms with E-state index in [4.69, 9.17) is 22.1 Å². The average Bonchev–Trinajstić information content (AvgIpc) is 2.89. The van der Waals surface area contributed by atoms with Crippen molar-refractivity contribution in [2.75, 3.05) is 7.11 Å². The number of methoxy groups -OCH3 is 1. The Morgan fingerprint density at radius 1 is 1.50 bits per heavy atom. The first-order chi connectivity index (χ1) is 6.57. The third-order valence-corrected chi connectivity index (χ3v) is 2.89. The number of phenolic OH excluding ortho intramolecular Hbond substituents is 1. The van der Waals surface area contributed by atoms with E-state index >= 15 is 0 Å². The molecule has 0 heterocycles. The van der Waals surface area contributed by atoms with Crippen LogP contribution in [0.15, 0.2) is 12.1 Å². The maximum absolute atomic E-state index is 9.73. The van der Waals surface area contributed by atoms with Gasteiger partial charge in [-0.3, -0.25) is 0 Å². The SMILES string of the molecule is COc1cc(Cl)c(O)c(C2(N)CC2)c1. The Morgan fingerprint density at radius 3 is 2.64 bits per heavy atom. The third-order valence-electron chi connectivity index (χ3n) is 2.60. The second-order valence-corrected chi connectivity index (χ2v) is 4.07. The monoisotopic (exact) mass is 213 g/mol. The summed E-state index contributed by atoms with van der Waals surface area (Å²) in [5.41, 5.74) is 6.27.